The Morgan fingerprint density at radius 2 is 2.21 bits per heavy atom. The minimum Gasteiger partial charge on any atom is -0.385 e. The Balaban J connectivity index is 2.56. The van der Waals surface area contributed by atoms with Crippen LogP contribution in [0.25, 0.3) is 0 Å². The zero-order valence-corrected chi connectivity index (χ0v) is 9.03. The van der Waals surface area contributed by atoms with Crippen molar-refractivity contribution >= 4 is 0 Å². The summed E-state index contributed by atoms with van der Waals surface area (Å²) in [5.74, 6) is 0. The van der Waals surface area contributed by atoms with Crippen LogP contribution in [0.15, 0.2) is 24.5 Å². The van der Waals surface area contributed by atoms with E-state index in [4.69, 9.17) is 0 Å². The second-order valence-electron chi connectivity index (χ2n) is 3.97. The number of unbranched alkanes of at least 4 members (excludes halogenated alkanes) is 2. The maximum absolute atomic E-state index is 10.2. The lowest BCUT2D eigenvalue weighted by Gasteiger charge is -2.23. The Morgan fingerprint density at radius 1 is 1.43 bits per heavy atom. The first kappa shape index (κ1) is 11.2. The fraction of sp³-hybridized carbons (Fsp3) is 0.583. The highest BCUT2D eigenvalue weighted by Gasteiger charge is 2.21. The van der Waals surface area contributed by atoms with Crippen LogP contribution < -0.4 is 0 Å². The van der Waals surface area contributed by atoms with Gasteiger partial charge in [-0.3, -0.25) is 4.98 Å². The van der Waals surface area contributed by atoms with Crippen LogP contribution in [-0.2, 0) is 5.60 Å². The average molecular weight is 193 g/mol. The zero-order chi connectivity index (χ0) is 10.4. The molecule has 1 heterocycles. The fourth-order valence-corrected chi connectivity index (χ4v) is 1.54. The van der Waals surface area contributed by atoms with E-state index >= 15 is 0 Å². The summed E-state index contributed by atoms with van der Waals surface area (Å²) in [5.41, 5.74) is 0.194. The minimum atomic E-state index is -0.719. The van der Waals surface area contributed by atoms with Crippen LogP contribution in [0.1, 0.15) is 45.1 Å². The molecule has 0 fully saturated rings. The predicted octanol–water partition coefficient (Wildman–Crippen LogP) is 2.87. The first-order valence-corrected chi connectivity index (χ1v) is 5.29. The Morgan fingerprint density at radius 3 is 2.79 bits per heavy atom. The standard InChI is InChI=1S/C12H19NO/c1-3-4-5-8-12(2,14)11-7-6-9-13-10-11/h6-7,9-10,14H,3-5,8H2,1-2H3. The van der Waals surface area contributed by atoms with Gasteiger partial charge in [-0.2, -0.15) is 0 Å². The molecule has 0 aliphatic rings. The van der Waals surface area contributed by atoms with Gasteiger partial charge in [-0.15, -0.1) is 0 Å². The van der Waals surface area contributed by atoms with Crippen LogP contribution in [0.5, 0.6) is 0 Å². The second-order valence-corrected chi connectivity index (χ2v) is 3.97. The number of hydrogen-bond acceptors (Lipinski definition) is 2. The van der Waals surface area contributed by atoms with Crippen molar-refractivity contribution in [1.29, 1.82) is 0 Å². The van der Waals surface area contributed by atoms with E-state index in [2.05, 4.69) is 11.9 Å². The Hall–Kier alpha value is -0.890. The van der Waals surface area contributed by atoms with E-state index in [0.717, 1.165) is 18.4 Å². The van der Waals surface area contributed by atoms with Crippen molar-refractivity contribution in [2.75, 3.05) is 0 Å². The zero-order valence-electron chi connectivity index (χ0n) is 9.03. The summed E-state index contributed by atoms with van der Waals surface area (Å²) < 4.78 is 0. The van der Waals surface area contributed by atoms with Crippen LogP contribution in [0.2, 0.25) is 0 Å². The van der Waals surface area contributed by atoms with Gasteiger partial charge in [0.15, 0.2) is 0 Å². The first-order valence-electron chi connectivity index (χ1n) is 5.29. The van der Waals surface area contributed by atoms with E-state index in [1.54, 1.807) is 12.4 Å². The molecule has 0 saturated heterocycles. The molecule has 0 saturated carbocycles. The highest BCUT2D eigenvalue weighted by molar-refractivity contribution is 5.16. The summed E-state index contributed by atoms with van der Waals surface area (Å²) in [4.78, 5) is 4.02. The number of pyridine rings is 1. The lowest BCUT2D eigenvalue weighted by atomic mass is 9.91. The number of aromatic nitrogens is 1. The van der Waals surface area contributed by atoms with Crippen molar-refractivity contribution in [3.63, 3.8) is 0 Å². The molecule has 0 amide bonds. The summed E-state index contributed by atoms with van der Waals surface area (Å²) >= 11 is 0. The molecule has 0 bridgehead atoms. The molecule has 1 N–H and O–H groups in total. The van der Waals surface area contributed by atoms with Crippen LogP contribution in [-0.4, -0.2) is 10.1 Å². The van der Waals surface area contributed by atoms with Crippen LogP contribution in [0.4, 0.5) is 0 Å². The lowest BCUT2D eigenvalue weighted by Crippen LogP contribution is -2.20. The molecule has 1 aromatic rings. The molecule has 2 heteroatoms. The number of aliphatic hydroxyl groups is 1. The Labute approximate surface area is 86.0 Å². The molecule has 0 aliphatic carbocycles. The van der Waals surface area contributed by atoms with Gasteiger partial charge in [0.25, 0.3) is 0 Å². The average Bonchev–Trinajstić information content (AvgIpc) is 2.19. The topological polar surface area (TPSA) is 33.1 Å². The number of hydrogen-bond donors (Lipinski definition) is 1. The normalized spacial score (nSPS) is 15.1. The van der Waals surface area contributed by atoms with Gasteiger partial charge in [0, 0.05) is 18.0 Å². The SMILES string of the molecule is CCCCCC(C)(O)c1cccnc1. The first-order chi connectivity index (χ1) is 6.67. The van der Waals surface area contributed by atoms with Gasteiger partial charge in [0.05, 0.1) is 5.60 Å². The molecule has 1 atom stereocenters. The van der Waals surface area contributed by atoms with Crippen molar-refractivity contribution in [2.24, 2.45) is 0 Å². The molecule has 0 radical (unpaired) electrons. The molecule has 78 valence electrons. The van der Waals surface area contributed by atoms with Gasteiger partial charge in [-0.05, 0) is 19.4 Å². The number of nitrogens with zero attached hydrogens (tertiary/aromatic N) is 1. The largest absolute Gasteiger partial charge is 0.385 e. The summed E-state index contributed by atoms with van der Waals surface area (Å²) in [6.45, 7) is 4.03. The Bertz CT molecular complexity index is 256. The van der Waals surface area contributed by atoms with Gasteiger partial charge in [-0.1, -0.05) is 32.3 Å². The quantitative estimate of drug-likeness (QED) is 0.729. The maximum atomic E-state index is 10.2. The molecular weight excluding hydrogens is 174 g/mol. The summed E-state index contributed by atoms with van der Waals surface area (Å²) in [5, 5.41) is 10.2. The third-order valence-electron chi connectivity index (χ3n) is 2.55. The smallest absolute Gasteiger partial charge is 0.0883 e. The molecule has 0 aliphatic heterocycles. The van der Waals surface area contributed by atoms with Crippen molar-refractivity contribution in [3.05, 3.63) is 30.1 Å². The lowest BCUT2D eigenvalue weighted by molar-refractivity contribution is 0.0446. The highest BCUT2D eigenvalue weighted by Crippen LogP contribution is 2.25. The molecule has 14 heavy (non-hydrogen) atoms. The molecule has 1 aromatic heterocycles. The van der Waals surface area contributed by atoms with E-state index in [1.165, 1.54) is 12.8 Å². The fourth-order valence-electron chi connectivity index (χ4n) is 1.54. The third-order valence-corrected chi connectivity index (χ3v) is 2.55. The van der Waals surface area contributed by atoms with Crippen molar-refractivity contribution in [1.82, 2.24) is 4.98 Å². The van der Waals surface area contributed by atoms with Gasteiger partial charge < -0.3 is 5.11 Å². The van der Waals surface area contributed by atoms with E-state index in [-0.39, 0.29) is 0 Å². The predicted molar refractivity (Wildman–Crippen MR) is 57.9 cm³/mol. The van der Waals surface area contributed by atoms with E-state index in [1.807, 2.05) is 19.1 Å². The van der Waals surface area contributed by atoms with Crippen molar-refractivity contribution in [2.45, 2.75) is 45.1 Å². The Kier molecular flexibility index (Phi) is 4.08. The molecular formula is C12H19NO. The van der Waals surface area contributed by atoms with Crippen LogP contribution in [0, 0.1) is 0 Å². The van der Waals surface area contributed by atoms with E-state index in [9.17, 15) is 5.11 Å². The third kappa shape index (κ3) is 3.11. The summed E-state index contributed by atoms with van der Waals surface area (Å²) in [6.07, 6.45) is 7.71. The molecule has 1 rings (SSSR count). The van der Waals surface area contributed by atoms with Gasteiger partial charge in [0.1, 0.15) is 0 Å². The monoisotopic (exact) mass is 193 g/mol. The van der Waals surface area contributed by atoms with E-state index in [0.29, 0.717) is 0 Å². The van der Waals surface area contributed by atoms with Gasteiger partial charge in [-0.25, -0.2) is 0 Å². The molecule has 0 spiro atoms. The maximum Gasteiger partial charge on any atom is 0.0883 e. The van der Waals surface area contributed by atoms with Crippen molar-refractivity contribution in [3.8, 4) is 0 Å². The van der Waals surface area contributed by atoms with E-state index < -0.39 is 5.60 Å². The minimum absolute atomic E-state index is 0.719. The van der Waals surface area contributed by atoms with Gasteiger partial charge in [0.2, 0.25) is 0 Å². The molecule has 0 aromatic carbocycles. The van der Waals surface area contributed by atoms with Crippen LogP contribution >= 0.6 is 0 Å². The highest BCUT2D eigenvalue weighted by atomic mass is 16.3. The number of rotatable bonds is 5. The van der Waals surface area contributed by atoms with Crippen molar-refractivity contribution < 1.29 is 5.11 Å². The summed E-state index contributed by atoms with van der Waals surface area (Å²) in [6, 6.07) is 3.79. The summed E-state index contributed by atoms with van der Waals surface area (Å²) in [7, 11) is 0. The second kappa shape index (κ2) is 5.11. The molecule has 1 unspecified atom stereocenters. The van der Waals surface area contributed by atoms with Gasteiger partial charge >= 0.3 is 0 Å². The molecule has 2 nitrogen and oxygen atoms in total. The van der Waals surface area contributed by atoms with Crippen LogP contribution in [0.3, 0.4) is 0 Å².